The summed E-state index contributed by atoms with van der Waals surface area (Å²) in [6.45, 7) is 5.60. The van der Waals surface area contributed by atoms with Crippen LogP contribution in [0.4, 0.5) is 11.5 Å². The van der Waals surface area contributed by atoms with Crippen molar-refractivity contribution in [2.24, 2.45) is 0 Å². The van der Waals surface area contributed by atoms with E-state index in [9.17, 15) is 4.79 Å². The third-order valence-electron chi connectivity index (χ3n) is 4.28. The highest BCUT2D eigenvalue weighted by atomic mass is 16.2. The number of amides is 1. The summed E-state index contributed by atoms with van der Waals surface area (Å²) in [7, 11) is 0. The number of rotatable bonds is 4. The van der Waals surface area contributed by atoms with Crippen LogP contribution in [0, 0.1) is 6.92 Å². The second-order valence-corrected chi connectivity index (χ2v) is 6.02. The summed E-state index contributed by atoms with van der Waals surface area (Å²) in [5.41, 5.74) is 4.52. The number of anilines is 2. The van der Waals surface area contributed by atoms with Crippen molar-refractivity contribution in [1.29, 1.82) is 0 Å². The van der Waals surface area contributed by atoms with E-state index < -0.39 is 0 Å². The lowest BCUT2D eigenvalue weighted by Crippen LogP contribution is -2.39. The van der Waals surface area contributed by atoms with Crippen LogP contribution in [0.25, 0.3) is 0 Å². The topological polar surface area (TPSA) is 45.2 Å². The number of carbonyl (C=O) groups excluding carboxylic acids is 1. The van der Waals surface area contributed by atoms with Gasteiger partial charge in [0.05, 0.1) is 5.69 Å². The normalized spacial score (nSPS) is 13.4. The summed E-state index contributed by atoms with van der Waals surface area (Å²) in [4.78, 5) is 18.9. The van der Waals surface area contributed by atoms with Crippen LogP contribution in [-0.2, 0) is 17.6 Å². The summed E-state index contributed by atoms with van der Waals surface area (Å²) >= 11 is 0. The van der Waals surface area contributed by atoms with Gasteiger partial charge in [0.25, 0.3) is 0 Å². The SMILES string of the molecule is CCc1ccc(CCC(=O)N2CCNc3ncc(C)cc32)cc1. The lowest BCUT2D eigenvalue weighted by molar-refractivity contribution is -0.118. The molecule has 0 bridgehead atoms. The van der Waals surface area contributed by atoms with E-state index in [4.69, 9.17) is 0 Å². The first kappa shape index (κ1) is 15.5. The van der Waals surface area contributed by atoms with Crippen molar-refractivity contribution < 1.29 is 4.79 Å². The molecule has 1 amide bonds. The van der Waals surface area contributed by atoms with Crippen LogP contribution in [0.3, 0.4) is 0 Å². The summed E-state index contributed by atoms with van der Waals surface area (Å²) in [6, 6.07) is 10.6. The predicted octanol–water partition coefficient (Wildman–Crippen LogP) is 3.34. The molecule has 0 spiro atoms. The van der Waals surface area contributed by atoms with Gasteiger partial charge in [0.1, 0.15) is 5.82 Å². The fraction of sp³-hybridized carbons (Fsp3) is 0.368. The van der Waals surface area contributed by atoms with Gasteiger partial charge in [0.15, 0.2) is 0 Å². The third kappa shape index (κ3) is 3.52. The molecule has 3 rings (SSSR count). The molecule has 120 valence electrons. The van der Waals surface area contributed by atoms with E-state index in [-0.39, 0.29) is 5.91 Å². The van der Waals surface area contributed by atoms with Crippen molar-refractivity contribution in [3.05, 3.63) is 53.2 Å². The molecule has 0 fully saturated rings. The maximum Gasteiger partial charge on any atom is 0.227 e. The standard InChI is InChI=1S/C19H23N3O/c1-3-15-4-6-16(7-5-15)8-9-18(23)22-11-10-20-19-17(22)12-14(2)13-21-19/h4-7,12-13H,3,8-11H2,1-2H3,(H,20,21). The Labute approximate surface area is 137 Å². The van der Waals surface area contributed by atoms with Crippen LogP contribution in [0.15, 0.2) is 36.5 Å². The molecule has 0 radical (unpaired) electrons. The molecule has 4 nitrogen and oxygen atoms in total. The second kappa shape index (κ2) is 6.82. The minimum atomic E-state index is 0.166. The van der Waals surface area contributed by atoms with E-state index in [2.05, 4.69) is 41.5 Å². The Bertz CT molecular complexity index is 694. The van der Waals surface area contributed by atoms with Crippen LogP contribution in [0.2, 0.25) is 0 Å². The second-order valence-electron chi connectivity index (χ2n) is 6.02. The predicted molar refractivity (Wildman–Crippen MR) is 94.0 cm³/mol. The Morgan fingerprint density at radius 3 is 2.74 bits per heavy atom. The maximum absolute atomic E-state index is 12.6. The van der Waals surface area contributed by atoms with E-state index in [0.29, 0.717) is 13.0 Å². The molecule has 2 heterocycles. The van der Waals surface area contributed by atoms with Crippen molar-refractivity contribution in [2.45, 2.75) is 33.1 Å². The Morgan fingerprint density at radius 1 is 1.26 bits per heavy atom. The van der Waals surface area contributed by atoms with E-state index in [1.54, 1.807) is 0 Å². The molecule has 0 saturated heterocycles. The van der Waals surface area contributed by atoms with Crippen LogP contribution in [-0.4, -0.2) is 24.0 Å². The van der Waals surface area contributed by atoms with Crippen molar-refractivity contribution in [1.82, 2.24) is 4.98 Å². The molecule has 23 heavy (non-hydrogen) atoms. The molecule has 4 heteroatoms. The minimum Gasteiger partial charge on any atom is -0.367 e. The minimum absolute atomic E-state index is 0.166. The molecule has 1 aliphatic rings. The van der Waals surface area contributed by atoms with E-state index in [0.717, 1.165) is 36.5 Å². The summed E-state index contributed by atoms with van der Waals surface area (Å²) < 4.78 is 0. The van der Waals surface area contributed by atoms with Gasteiger partial charge in [0.2, 0.25) is 5.91 Å². The van der Waals surface area contributed by atoms with E-state index in [1.165, 1.54) is 11.1 Å². The van der Waals surface area contributed by atoms with Gasteiger partial charge in [0, 0.05) is 25.7 Å². The molecule has 1 aliphatic heterocycles. The molecular formula is C19H23N3O. The van der Waals surface area contributed by atoms with Crippen LogP contribution < -0.4 is 10.2 Å². The molecule has 1 aromatic carbocycles. The van der Waals surface area contributed by atoms with Gasteiger partial charge in [-0.1, -0.05) is 31.2 Å². The van der Waals surface area contributed by atoms with Gasteiger partial charge in [-0.2, -0.15) is 0 Å². The first-order chi connectivity index (χ1) is 11.2. The number of aromatic nitrogens is 1. The molecule has 1 N–H and O–H groups in total. The van der Waals surface area contributed by atoms with E-state index in [1.807, 2.05) is 24.1 Å². The summed E-state index contributed by atoms with van der Waals surface area (Å²) in [6.07, 6.45) is 4.18. The number of aryl methyl sites for hydroxylation is 3. The molecule has 1 aromatic heterocycles. The number of nitrogens with one attached hydrogen (secondary N) is 1. The number of hydrogen-bond acceptors (Lipinski definition) is 3. The number of nitrogens with zero attached hydrogens (tertiary/aromatic N) is 2. The van der Waals surface area contributed by atoms with Crippen molar-refractivity contribution in [3.63, 3.8) is 0 Å². The van der Waals surface area contributed by atoms with Gasteiger partial charge in [-0.3, -0.25) is 4.79 Å². The highest BCUT2D eigenvalue weighted by molar-refractivity contribution is 5.97. The smallest absolute Gasteiger partial charge is 0.227 e. The zero-order chi connectivity index (χ0) is 16.2. The number of benzene rings is 1. The quantitative estimate of drug-likeness (QED) is 0.942. The molecular weight excluding hydrogens is 286 g/mol. The molecule has 0 atom stereocenters. The number of hydrogen-bond donors (Lipinski definition) is 1. The maximum atomic E-state index is 12.6. The zero-order valence-corrected chi connectivity index (χ0v) is 13.8. The molecule has 0 saturated carbocycles. The Kier molecular flexibility index (Phi) is 4.60. The average molecular weight is 309 g/mol. The van der Waals surface area contributed by atoms with Gasteiger partial charge < -0.3 is 10.2 Å². The molecule has 0 aliphatic carbocycles. The van der Waals surface area contributed by atoms with Crippen LogP contribution in [0.1, 0.15) is 30.0 Å². The molecule has 2 aromatic rings. The highest BCUT2D eigenvalue weighted by Gasteiger charge is 2.23. The van der Waals surface area contributed by atoms with Gasteiger partial charge in [-0.05, 0) is 42.5 Å². The van der Waals surface area contributed by atoms with Gasteiger partial charge in [-0.15, -0.1) is 0 Å². The number of pyridine rings is 1. The number of fused-ring (bicyclic) bond motifs is 1. The lowest BCUT2D eigenvalue weighted by atomic mass is 10.1. The highest BCUT2D eigenvalue weighted by Crippen LogP contribution is 2.28. The average Bonchev–Trinajstić information content (AvgIpc) is 2.59. The first-order valence-electron chi connectivity index (χ1n) is 8.26. The van der Waals surface area contributed by atoms with E-state index >= 15 is 0 Å². The third-order valence-corrected chi connectivity index (χ3v) is 4.28. The van der Waals surface area contributed by atoms with Crippen LogP contribution in [0.5, 0.6) is 0 Å². The first-order valence-corrected chi connectivity index (χ1v) is 8.26. The van der Waals surface area contributed by atoms with Gasteiger partial charge >= 0.3 is 0 Å². The lowest BCUT2D eigenvalue weighted by Gasteiger charge is -2.30. The van der Waals surface area contributed by atoms with Gasteiger partial charge in [-0.25, -0.2) is 4.98 Å². The largest absolute Gasteiger partial charge is 0.367 e. The Morgan fingerprint density at radius 2 is 2.00 bits per heavy atom. The number of carbonyl (C=O) groups is 1. The fourth-order valence-corrected chi connectivity index (χ4v) is 2.89. The fourth-order valence-electron chi connectivity index (χ4n) is 2.89. The summed E-state index contributed by atoms with van der Waals surface area (Å²) in [5.74, 6) is 0.974. The van der Waals surface area contributed by atoms with Crippen molar-refractivity contribution in [2.75, 3.05) is 23.3 Å². The zero-order valence-electron chi connectivity index (χ0n) is 13.8. The monoisotopic (exact) mass is 309 g/mol. The molecule has 0 unspecified atom stereocenters. The Hall–Kier alpha value is -2.36. The van der Waals surface area contributed by atoms with Crippen molar-refractivity contribution >= 4 is 17.4 Å². The van der Waals surface area contributed by atoms with Crippen LogP contribution >= 0.6 is 0 Å². The Balaban J connectivity index is 1.68. The van der Waals surface area contributed by atoms with Crippen molar-refractivity contribution in [3.8, 4) is 0 Å². The summed E-state index contributed by atoms with van der Waals surface area (Å²) in [5, 5.41) is 3.26.